The summed E-state index contributed by atoms with van der Waals surface area (Å²) < 4.78 is 74.1. The third-order valence-corrected chi connectivity index (χ3v) is 10.3. The van der Waals surface area contributed by atoms with E-state index in [9.17, 15) is 26.2 Å². The van der Waals surface area contributed by atoms with Crippen LogP contribution in [-0.2, 0) is 34.0 Å². The summed E-state index contributed by atoms with van der Waals surface area (Å²) in [4.78, 5) is 12.7. The molecule has 0 radical (unpaired) electrons. The summed E-state index contributed by atoms with van der Waals surface area (Å²) in [5.41, 5.74) is -1.26. The van der Waals surface area contributed by atoms with Crippen molar-refractivity contribution >= 4 is 26.6 Å². The van der Waals surface area contributed by atoms with E-state index in [1.165, 1.54) is 6.92 Å². The molecule has 0 unspecified atom stereocenters. The van der Waals surface area contributed by atoms with E-state index in [0.717, 1.165) is 24.8 Å². The predicted molar refractivity (Wildman–Crippen MR) is 114 cm³/mol. The van der Waals surface area contributed by atoms with E-state index in [2.05, 4.69) is 13.0 Å². The number of ketones is 1. The van der Waals surface area contributed by atoms with Crippen LogP contribution in [0.3, 0.4) is 0 Å². The van der Waals surface area contributed by atoms with E-state index >= 15 is 0 Å². The third kappa shape index (κ3) is 3.78. The molecule has 3 saturated carbocycles. The third-order valence-electron chi connectivity index (χ3n) is 9.25. The number of carbonyl (C=O) groups excluding carboxylic acids is 1. The standard InChI is InChI=1S/C21H32O9S2/c1-13(22)21(30-32(26,27)28)11-8-18-16-5-4-14-12-15(29-31(23,24)25)6-9-19(14,2)17(16)7-10-20(18,21)3/h4,15-18H,5-12H2,1-3H3,(H,23,24,25)(H,26,27,28)/t15-,16+,17-,18-,19-,20-,21-/m0/s1. The Kier molecular flexibility index (Phi) is 5.75. The summed E-state index contributed by atoms with van der Waals surface area (Å²) in [6.45, 7) is 5.46. The lowest BCUT2D eigenvalue weighted by Gasteiger charge is -2.59. The van der Waals surface area contributed by atoms with Crippen molar-refractivity contribution in [2.75, 3.05) is 0 Å². The number of Topliss-reactive ketones (excluding diaryl/α,β-unsaturated/α-hetero) is 1. The summed E-state index contributed by atoms with van der Waals surface area (Å²) in [6.07, 6.45) is 6.27. The molecule has 3 fully saturated rings. The molecule has 2 N–H and O–H groups in total. The monoisotopic (exact) mass is 492 g/mol. The van der Waals surface area contributed by atoms with Crippen molar-refractivity contribution in [2.24, 2.45) is 28.6 Å². The molecular formula is C21H32O9S2. The van der Waals surface area contributed by atoms with Gasteiger partial charge in [0.25, 0.3) is 0 Å². The quantitative estimate of drug-likeness (QED) is 0.436. The van der Waals surface area contributed by atoms with Crippen LogP contribution >= 0.6 is 0 Å². The molecule has 4 rings (SSSR count). The molecule has 32 heavy (non-hydrogen) atoms. The zero-order valence-corrected chi connectivity index (χ0v) is 20.2. The van der Waals surface area contributed by atoms with Crippen LogP contribution in [0.1, 0.15) is 72.1 Å². The highest BCUT2D eigenvalue weighted by Gasteiger charge is 2.67. The number of allylic oxidation sites excluding steroid dienone is 1. The Balaban J connectivity index is 1.64. The molecule has 11 heteroatoms. The molecule has 4 aliphatic carbocycles. The maximum atomic E-state index is 12.7. The van der Waals surface area contributed by atoms with Crippen molar-refractivity contribution in [1.82, 2.24) is 0 Å². The van der Waals surface area contributed by atoms with Gasteiger partial charge in [-0.2, -0.15) is 16.8 Å². The van der Waals surface area contributed by atoms with Crippen molar-refractivity contribution in [3.05, 3.63) is 11.6 Å². The van der Waals surface area contributed by atoms with Crippen LogP contribution in [0.15, 0.2) is 11.6 Å². The summed E-state index contributed by atoms with van der Waals surface area (Å²) in [6, 6.07) is 0. The second kappa shape index (κ2) is 7.58. The van der Waals surface area contributed by atoms with Gasteiger partial charge < -0.3 is 0 Å². The van der Waals surface area contributed by atoms with Gasteiger partial charge in [0.15, 0.2) is 11.4 Å². The smallest absolute Gasteiger partial charge is 0.297 e. The van der Waals surface area contributed by atoms with Gasteiger partial charge in [-0.05, 0) is 81.5 Å². The minimum absolute atomic E-state index is 0.0633. The zero-order valence-electron chi connectivity index (χ0n) is 18.6. The van der Waals surface area contributed by atoms with E-state index in [4.69, 9.17) is 12.9 Å². The molecule has 0 saturated heterocycles. The molecule has 0 spiro atoms. The van der Waals surface area contributed by atoms with Crippen LogP contribution in [0.4, 0.5) is 0 Å². The van der Waals surface area contributed by atoms with Gasteiger partial charge in [-0.3, -0.25) is 13.9 Å². The van der Waals surface area contributed by atoms with Crippen LogP contribution in [0, 0.1) is 28.6 Å². The number of carbonyl (C=O) groups is 1. The van der Waals surface area contributed by atoms with Crippen LogP contribution < -0.4 is 0 Å². The lowest BCUT2D eigenvalue weighted by molar-refractivity contribution is -0.153. The fourth-order valence-corrected chi connectivity index (χ4v) is 9.09. The molecule has 0 amide bonds. The lowest BCUT2D eigenvalue weighted by Crippen LogP contribution is -2.58. The molecule has 0 aliphatic heterocycles. The van der Waals surface area contributed by atoms with Crippen LogP contribution in [0.5, 0.6) is 0 Å². The number of hydrogen-bond donors (Lipinski definition) is 2. The molecule has 9 nitrogen and oxygen atoms in total. The first-order valence-corrected chi connectivity index (χ1v) is 13.9. The average Bonchev–Trinajstić information content (AvgIpc) is 2.93. The maximum Gasteiger partial charge on any atom is 0.398 e. The van der Waals surface area contributed by atoms with E-state index in [-0.39, 0.29) is 29.5 Å². The normalized spacial score (nSPS) is 44.2. The molecule has 0 aromatic heterocycles. The van der Waals surface area contributed by atoms with Gasteiger partial charge in [-0.1, -0.05) is 25.5 Å². The molecule has 4 aliphatic rings. The minimum atomic E-state index is -4.80. The first-order chi connectivity index (χ1) is 14.6. The van der Waals surface area contributed by atoms with Crippen molar-refractivity contribution in [3.8, 4) is 0 Å². The topological polar surface area (TPSA) is 144 Å². The molecule has 7 atom stereocenters. The van der Waals surface area contributed by atoms with E-state index < -0.39 is 37.9 Å². The van der Waals surface area contributed by atoms with Gasteiger partial charge in [-0.25, -0.2) is 8.37 Å². The predicted octanol–water partition coefficient (Wildman–Crippen LogP) is 3.28. The maximum absolute atomic E-state index is 12.7. The van der Waals surface area contributed by atoms with Gasteiger partial charge in [-0.15, -0.1) is 0 Å². The van der Waals surface area contributed by atoms with Crippen LogP contribution in [-0.4, -0.2) is 43.4 Å². The number of hydrogen-bond acceptors (Lipinski definition) is 7. The zero-order chi connectivity index (χ0) is 23.7. The van der Waals surface area contributed by atoms with Gasteiger partial charge in [0.1, 0.15) is 0 Å². The van der Waals surface area contributed by atoms with Crippen LogP contribution in [0.25, 0.3) is 0 Å². The molecule has 182 valence electrons. The SMILES string of the molecule is CC(=O)[C@@]1(OS(=O)(=O)O)CC[C@H]2[C@@H]3CC=C4C[C@@H](OS(=O)(=O)O)CC[C@]4(C)[C@H]3CC[C@@]21C. The highest BCUT2D eigenvalue weighted by atomic mass is 32.3. The second-order valence-corrected chi connectivity index (χ2v) is 12.6. The van der Waals surface area contributed by atoms with E-state index in [1.54, 1.807) is 0 Å². The Morgan fingerprint density at radius 1 is 1.00 bits per heavy atom. The van der Waals surface area contributed by atoms with Crippen molar-refractivity contribution in [2.45, 2.75) is 83.8 Å². The Hall–Kier alpha value is -0.850. The highest BCUT2D eigenvalue weighted by molar-refractivity contribution is 7.81. The van der Waals surface area contributed by atoms with Crippen molar-refractivity contribution < 1.29 is 39.1 Å². The van der Waals surface area contributed by atoms with Gasteiger partial charge in [0.2, 0.25) is 0 Å². The number of rotatable bonds is 5. The van der Waals surface area contributed by atoms with E-state index in [1.807, 2.05) is 6.92 Å². The Morgan fingerprint density at radius 2 is 1.66 bits per heavy atom. The molecule has 0 heterocycles. The Labute approximate surface area is 189 Å². The Morgan fingerprint density at radius 3 is 2.25 bits per heavy atom. The fourth-order valence-electron chi connectivity index (χ4n) is 7.83. The summed E-state index contributed by atoms with van der Waals surface area (Å²) >= 11 is 0. The minimum Gasteiger partial charge on any atom is -0.297 e. The van der Waals surface area contributed by atoms with E-state index in [0.29, 0.717) is 31.6 Å². The molecular weight excluding hydrogens is 460 g/mol. The first-order valence-electron chi connectivity index (χ1n) is 11.2. The summed E-state index contributed by atoms with van der Waals surface area (Å²) in [5.74, 6) is 0.224. The molecule has 0 aromatic carbocycles. The first kappa shape index (κ1) is 24.3. The second-order valence-electron chi connectivity index (χ2n) is 10.5. The van der Waals surface area contributed by atoms with Crippen molar-refractivity contribution in [3.63, 3.8) is 0 Å². The van der Waals surface area contributed by atoms with Crippen LogP contribution in [0.2, 0.25) is 0 Å². The summed E-state index contributed by atoms with van der Waals surface area (Å²) in [5, 5.41) is 0. The number of fused-ring (bicyclic) bond motifs is 5. The fraction of sp³-hybridized carbons (Fsp3) is 0.857. The van der Waals surface area contributed by atoms with Gasteiger partial charge >= 0.3 is 20.8 Å². The lowest BCUT2D eigenvalue weighted by atomic mass is 9.47. The highest BCUT2D eigenvalue weighted by Crippen LogP contribution is 2.68. The Bertz CT molecular complexity index is 1050. The van der Waals surface area contributed by atoms with Gasteiger partial charge in [0, 0.05) is 5.41 Å². The summed E-state index contributed by atoms with van der Waals surface area (Å²) in [7, 11) is -9.30. The average molecular weight is 493 g/mol. The molecule has 0 bridgehead atoms. The largest absolute Gasteiger partial charge is 0.398 e. The molecule has 0 aromatic rings. The van der Waals surface area contributed by atoms with Gasteiger partial charge in [0.05, 0.1) is 6.10 Å². The van der Waals surface area contributed by atoms with Crippen molar-refractivity contribution in [1.29, 1.82) is 0 Å².